The van der Waals surface area contributed by atoms with E-state index in [1.807, 2.05) is 25.1 Å². The minimum atomic E-state index is -0.241. The number of likely N-dealkylation sites (tertiary alicyclic amines) is 1. The van der Waals surface area contributed by atoms with E-state index < -0.39 is 0 Å². The van der Waals surface area contributed by atoms with Crippen LogP contribution in [-0.2, 0) is 9.47 Å². The SMILES string of the molecule is CC(CN1CC2CCC(C1)O2)OC(=O)c1ccccc1. The van der Waals surface area contributed by atoms with Crippen molar-refractivity contribution in [3.05, 3.63) is 35.9 Å². The molecule has 0 N–H and O–H groups in total. The zero-order valence-electron chi connectivity index (χ0n) is 11.8. The van der Waals surface area contributed by atoms with Crippen LogP contribution in [0.3, 0.4) is 0 Å². The molecule has 3 unspecified atom stereocenters. The summed E-state index contributed by atoms with van der Waals surface area (Å²) in [5.41, 5.74) is 0.612. The van der Waals surface area contributed by atoms with Crippen molar-refractivity contribution in [3.8, 4) is 0 Å². The van der Waals surface area contributed by atoms with E-state index in [0.29, 0.717) is 17.8 Å². The van der Waals surface area contributed by atoms with Gasteiger partial charge in [0.15, 0.2) is 0 Å². The van der Waals surface area contributed by atoms with Crippen LogP contribution >= 0.6 is 0 Å². The van der Waals surface area contributed by atoms with Gasteiger partial charge in [0.1, 0.15) is 6.10 Å². The highest BCUT2D eigenvalue weighted by molar-refractivity contribution is 5.89. The number of hydrogen-bond acceptors (Lipinski definition) is 4. The van der Waals surface area contributed by atoms with E-state index >= 15 is 0 Å². The topological polar surface area (TPSA) is 38.8 Å². The fraction of sp³-hybridized carbons (Fsp3) is 0.562. The molecule has 1 aromatic carbocycles. The Morgan fingerprint density at radius 1 is 1.30 bits per heavy atom. The zero-order valence-corrected chi connectivity index (χ0v) is 11.8. The van der Waals surface area contributed by atoms with Gasteiger partial charge in [-0.2, -0.15) is 0 Å². The predicted octanol–water partition coefficient (Wildman–Crippen LogP) is 2.10. The van der Waals surface area contributed by atoms with Crippen LogP contribution in [0.1, 0.15) is 30.1 Å². The van der Waals surface area contributed by atoms with Crippen molar-refractivity contribution < 1.29 is 14.3 Å². The summed E-state index contributed by atoms with van der Waals surface area (Å²) in [6, 6.07) is 9.15. The maximum atomic E-state index is 12.0. The second kappa shape index (κ2) is 5.94. The first-order chi connectivity index (χ1) is 9.70. The summed E-state index contributed by atoms with van der Waals surface area (Å²) in [4.78, 5) is 14.3. The fourth-order valence-electron chi connectivity index (χ4n) is 3.07. The van der Waals surface area contributed by atoms with Gasteiger partial charge in [-0.25, -0.2) is 4.79 Å². The maximum absolute atomic E-state index is 12.0. The number of esters is 1. The summed E-state index contributed by atoms with van der Waals surface area (Å²) < 4.78 is 11.3. The quantitative estimate of drug-likeness (QED) is 0.789. The molecule has 2 heterocycles. The molecule has 1 aromatic rings. The maximum Gasteiger partial charge on any atom is 0.338 e. The lowest BCUT2D eigenvalue weighted by atomic mass is 10.2. The number of rotatable bonds is 4. The number of carbonyl (C=O) groups excluding carboxylic acids is 1. The molecule has 2 aliphatic heterocycles. The summed E-state index contributed by atoms with van der Waals surface area (Å²) in [6.07, 6.45) is 3.00. The summed E-state index contributed by atoms with van der Waals surface area (Å²) in [5, 5.41) is 0. The van der Waals surface area contributed by atoms with Gasteiger partial charge in [0.2, 0.25) is 0 Å². The molecule has 2 saturated heterocycles. The number of carbonyl (C=O) groups is 1. The highest BCUT2D eigenvalue weighted by atomic mass is 16.5. The first-order valence-corrected chi connectivity index (χ1v) is 7.34. The first-order valence-electron chi connectivity index (χ1n) is 7.34. The van der Waals surface area contributed by atoms with Crippen molar-refractivity contribution in [1.29, 1.82) is 0 Å². The Morgan fingerprint density at radius 2 is 1.95 bits per heavy atom. The normalized spacial score (nSPS) is 27.2. The standard InChI is InChI=1S/C16H21NO3/c1-12(19-16(18)13-5-3-2-4-6-13)9-17-10-14-7-8-15(11-17)20-14/h2-6,12,14-15H,7-11H2,1H3. The lowest BCUT2D eigenvalue weighted by Gasteiger charge is -2.33. The monoisotopic (exact) mass is 275 g/mol. The van der Waals surface area contributed by atoms with Crippen LogP contribution in [0, 0.1) is 0 Å². The van der Waals surface area contributed by atoms with E-state index in [2.05, 4.69) is 4.90 Å². The van der Waals surface area contributed by atoms with Crippen LogP contribution in [-0.4, -0.2) is 48.8 Å². The highest BCUT2D eigenvalue weighted by Gasteiger charge is 2.34. The number of nitrogens with zero attached hydrogens (tertiary/aromatic N) is 1. The minimum Gasteiger partial charge on any atom is -0.458 e. The van der Waals surface area contributed by atoms with Crippen LogP contribution in [0.4, 0.5) is 0 Å². The molecule has 108 valence electrons. The van der Waals surface area contributed by atoms with E-state index in [-0.39, 0.29) is 12.1 Å². The molecule has 0 saturated carbocycles. The van der Waals surface area contributed by atoms with E-state index in [0.717, 1.165) is 19.6 Å². The number of benzene rings is 1. The largest absolute Gasteiger partial charge is 0.458 e. The number of ether oxygens (including phenoxy) is 2. The summed E-state index contributed by atoms with van der Waals surface area (Å²) in [6.45, 7) is 4.67. The highest BCUT2D eigenvalue weighted by Crippen LogP contribution is 2.26. The number of fused-ring (bicyclic) bond motifs is 2. The average molecular weight is 275 g/mol. The molecule has 0 aromatic heterocycles. The summed E-state index contributed by atoms with van der Waals surface area (Å²) >= 11 is 0. The van der Waals surface area contributed by atoms with Crippen LogP contribution in [0.2, 0.25) is 0 Å². The van der Waals surface area contributed by atoms with Gasteiger partial charge >= 0.3 is 5.97 Å². The van der Waals surface area contributed by atoms with Gasteiger partial charge in [0, 0.05) is 19.6 Å². The molecule has 3 rings (SSSR count). The third-order valence-corrected chi connectivity index (χ3v) is 3.95. The Kier molecular flexibility index (Phi) is 4.03. The van der Waals surface area contributed by atoms with Crippen molar-refractivity contribution in [2.24, 2.45) is 0 Å². The van der Waals surface area contributed by atoms with Crippen molar-refractivity contribution in [1.82, 2.24) is 4.90 Å². The molecule has 2 aliphatic rings. The Balaban J connectivity index is 1.50. The van der Waals surface area contributed by atoms with E-state index in [1.165, 1.54) is 12.8 Å². The Labute approximate surface area is 119 Å². The Morgan fingerprint density at radius 3 is 2.60 bits per heavy atom. The van der Waals surface area contributed by atoms with Gasteiger partial charge in [0.25, 0.3) is 0 Å². The predicted molar refractivity (Wildman–Crippen MR) is 75.7 cm³/mol. The molecule has 0 aliphatic carbocycles. The van der Waals surface area contributed by atoms with E-state index in [1.54, 1.807) is 12.1 Å². The van der Waals surface area contributed by atoms with Crippen LogP contribution in [0.5, 0.6) is 0 Å². The molecule has 2 fully saturated rings. The van der Waals surface area contributed by atoms with Crippen molar-refractivity contribution in [3.63, 3.8) is 0 Å². The molecular weight excluding hydrogens is 254 g/mol. The van der Waals surface area contributed by atoms with Crippen molar-refractivity contribution in [2.75, 3.05) is 19.6 Å². The Hall–Kier alpha value is -1.39. The van der Waals surface area contributed by atoms with E-state index in [9.17, 15) is 4.79 Å². The molecule has 3 atom stereocenters. The molecule has 4 nitrogen and oxygen atoms in total. The van der Waals surface area contributed by atoms with Gasteiger partial charge < -0.3 is 9.47 Å². The number of hydrogen-bond donors (Lipinski definition) is 0. The lowest BCUT2D eigenvalue weighted by molar-refractivity contribution is -0.0507. The van der Waals surface area contributed by atoms with E-state index in [4.69, 9.17) is 9.47 Å². The van der Waals surface area contributed by atoms with Crippen molar-refractivity contribution >= 4 is 5.97 Å². The molecule has 2 bridgehead atoms. The lowest BCUT2D eigenvalue weighted by Crippen LogP contribution is -2.45. The van der Waals surface area contributed by atoms with Crippen LogP contribution < -0.4 is 0 Å². The van der Waals surface area contributed by atoms with Crippen molar-refractivity contribution in [2.45, 2.75) is 38.1 Å². The van der Waals surface area contributed by atoms with Crippen LogP contribution in [0.15, 0.2) is 30.3 Å². The minimum absolute atomic E-state index is 0.0970. The van der Waals surface area contributed by atoms with Gasteiger partial charge in [-0.3, -0.25) is 4.90 Å². The zero-order chi connectivity index (χ0) is 13.9. The Bertz CT molecular complexity index is 450. The average Bonchev–Trinajstić information content (AvgIpc) is 2.78. The molecule has 0 spiro atoms. The third-order valence-electron chi connectivity index (χ3n) is 3.95. The second-order valence-corrected chi connectivity index (χ2v) is 5.76. The molecule has 4 heteroatoms. The van der Waals surface area contributed by atoms with Crippen LogP contribution in [0.25, 0.3) is 0 Å². The summed E-state index contributed by atoms with van der Waals surface area (Å²) in [7, 11) is 0. The van der Waals surface area contributed by atoms with Gasteiger partial charge in [-0.1, -0.05) is 18.2 Å². The molecule has 0 radical (unpaired) electrons. The fourth-order valence-corrected chi connectivity index (χ4v) is 3.07. The third kappa shape index (κ3) is 3.19. The van der Waals surface area contributed by atoms with Gasteiger partial charge in [0.05, 0.1) is 17.8 Å². The first kappa shape index (κ1) is 13.6. The smallest absolute Gasteiger partial charge is 0.338 e. The second-order valence-electron chi connectivity index (χ2n) is 5.76. The molecule has 0 amide bonds. The summed E-state index contributed by atoms with van der Waals surface area (Å²) in [5.74, 6) is -0.241. The molecule has 20 heavy (non-hydrogen) atoms. The van der Waals surface area contributed by atoms with Gasteiger partial charge in [-0.15, -0.1) is 0 Å². The van der Waals surface area contributed by atoms with Gasteiger partial charge in [-0.05, 0) is 31.9 Å². The molecular formula is C16H21NO3. The number of morpholine rings is 1.